The van der Waals surface area contributed by atoms with Crippen molar-refractivity contribution in [1.29, 1.82) is 0 Å². The van der Waals surface area contributed by atoms with Crippen LogP contribution >= 0.6 is 0 Å². The largest absolute Gasteiger partial charge is 0.319 e. The van der Waals surface area contributed by atoms with Crippen LogP contribution in [0.5, 0.6) is 0 Å². The lowest BCUT2D eigenvalue weighted by molar-refractivity contribution is 0.233. The first-order chi connectivity index (χ1) is 9.58. The molecule has 1 aliphatic carbocycles. The van der Waals surface area contributed by atoms with E-state index in [-0.39, 0.29) is 0 Å². The molecule has 0 unspecified atom stereocenters. The first kappa shape index (κ1) is 13.2. The molecule has 0 spiro atoms. The fraction of sp³-hybridized carbons (Fsp3) is 0.533. The highest BCUT2D eigenvalue weighted by Crippen LogP contribution is 2.36. The summed E-state index contributed by atoms with van der Waals surface area (Å²) in [6, 6.07) is 8.19. The van der Waals surface area contributed by atoms with Crippen molar-refractivity contribution < 1.29 is 0 Å². The third-order valence-corrected chi connectivity index (χ3v) is 4.36. The molecule has 106 valence electrons. The van der Waals surface area contributed by atoms with Gasteiger partial charge in [-0.3, -0.25) is 0 Å². The molecule has 3 rings (SSSR count). The number of nitrogens with two attached hydrogens (primary N) is 1. The number of hydrogen-bond acceptors (Lipinski definition) is 4. The van der Waals surface area contributed by atoms with Crippen LogP contribution in [0.4, 0.5) is 0 Å². The van der Waals surface area contributed by atoms with Crippen LogP contribution in [-0.2, 0) is 5.54 Å². The third-order valence-electron chi connectivity index (χ3n) is 4.36. The molecule has 0 radical (unpaired) electrons. The Bertz CT molecular complexity index is 579. The van der Waals surface area contributed by atoms with Crippen molar-refractivity contribution in [3.8, 4) is 5.69 Å². The van der Waals surface area contributed by atoms with E-state index in [1.54, 1.807) is 4.68 Å². The zero-order valence-electron chi connectivity index (χ0n) is 12.1. The molecule has 0 saturated heterocycles. The van der Waals surface area contributed by atoms with Gasteiger partial charge in [0.2, 0.25) is 0 Å². The molecule has 1 heterocycles. The maximum atomic E-state index is 6.59. The number of aromatic nitrogens is 4. The maximum Gasteiger partial charge on any atom is 0.176 e. The zero-order valence-corrected chi connectivity index (χ0v) is 12.1. The smallest absolute Gasteiger partial charge is 0.176 e. The zero-order chi connectivity index (χ0) is 14.2. The van der Waals surface area contributed by atoms with Crippen molar-refractivity contribution in [2.75, 3.05) is 0 Å². The Morgan fingerprint density at radius 2 is 1.85 bits per heavy atom. The summed E-state index contributed by atoms with van der Waals surface area (Å²) in [5, 5.41) is 12.2. The second kappa shape index (κ2) is 4.98. The topological polar surface area (TPSA) is 69.6 Å². The normalized spacial score (nSPS) is 26.6. The van der Waals surface area contributed by atoms with Crippen molar-refractivity contribution >= 4 is 0 Å². The molecule has 0 bridgehead atoms. The monoisotopic (exact) mass is 271 g/mol. The van der Waals surface area contributed by atoms with Gasteiger partial charge in [0.05, 0.1) is 11.2 Å². The summed E-state index contributed by atoms with van der Waals surface area (Å²) >= 11 is 0. The second-order valence-corrected chi connectivity index (χ2v) is 6.09. The minimum atomic E-state index is -0.402. The lowest BCUT2D eigenvalue weighted by atomic mass is 9.77. The first-order valence-electron chi connectivity index (χ1n) is 7.23. The van der Waals surface area contributed by atoms with E-state index in [9.17, 15) is 0 Å². The fourth-order valence-electron chi connectivity index (χ4n) is 2.86. The molecular formula is C15H21N5. The van der Waals surface area contributed by atoms with Crippen molar-refractivity contribution in [2.24, 2.45) is 11.7 Å². The number of nitrogens with zero attached hydrogens (tertiary/aromatic N) is 4. The van der Waals surface area contributed by atoms with Gasteiger partial charge < -0.3 is 5.73 Å². The van der Waals surface area contributed by atoms with Gasteiger partial charge in [0.1, 0.15) is 0 Å². The summed E-state index contributed by atoms with van der Waals surface area (Å²) in [6.07, 6.45) is 4.16. The summed E-state index contributed by atoms with van der Waals surface area (Å²) in [4.78, 5) is 0. The minimum Gasteiger partial charge on any atom is -0.319 e. The van der Waals surface area contributed by atoms with E-state index in [0.717, 1.165) is 43.1 Å². The standard InChI is InChI=1S/C15H21N5/c1-11-3-5-13(6-4-11)20-14(17-18-19-20)15(16)9-7-12(2)8-10-15/h3-6,12H,7-10,16H2,1-2H3. The van der Waals surface area contributed by atoms with Crippen LogP contribution in [0.2, 0.25) is 0 Å². The summed E-state index contributed by atoms with van der Waals surface area (Å²) in [5.41, 5.74) is 8.38. The highest BCUT2D eigenvalue weighted by atomic mass is 15.5. The Kier molecular flexibility index (Phi) is 3.30. The van der Waals surface area contributed by atoms with Gasteiger partial charge in [-0.25, -0.2) is 0 Å². The molecular weight excluding hydrogens is 250 g/mol. The van der Waals surface area contributed by atoms with Crippen LogP contribution in [0.25, 0.3) is 5.69 Å². The lowest BCUT2D eigenvalue weighted by Crippen LogP contribution is -2.42. The Morgan fingerprint density at radius 1 is 1.20 bits per heavy atom. The summed E-state index contributed by atoms with van der Waals surface area (Å²) < 4.78 is 1.79. The quantitative estimate of drug-likeness (QED) is 0.910. The van der Waals surface area contributed by atoms with Crippen LogP contribution < -0.4 is 5.73 Å². The van der Waals surface area contributed by atoms with E-state index >= 15 is 0 Å². The van der Waals surface area contributed by atoms with Crippen molar-refractivity contribution in [2.45, 2.75) is 45.1 Å². The maximum absolute atomic E-state index is 6.59. The molecule has 2 aromatic rings. The van der Waals surface area contributed by atoms with Crippen LogP contribution in [0, 0.1) is 12.8 Å². The predicted octanol–water partition coefficient (Wildman–Crippen LogP) is 2.33. The fourth-order valence-corrected chi connectivity index (χ4v) is 2.86. The molecule has 1 aromatic heterocycles. The van der Waals surface area contributed by atoms with Gasteiger partial charge >= 0.3 is 0 Å². The highest BCUT2D eigenvalue weighted by Gasteiger charge is 2.37. The van der Waals surface area contributed by atoms with E-state index < -0.39 is 5.54 Å². The Morgan fingerprint density at radius 3 is 2.50 bits per heavy atom. The number of rotatable bonds is 2. The van der Waals surface area contributed by atoms with Gasteiger partial charge in [-0.1, -0.05) is 24.6 Å². The first-order valence-corrected chi connectivity index (χ1v) is 7.23. The molecule has 5 heteroatoms. The summed E-state index contributed by atoms with van der Waals surface area (Å²) in [6.45, 7) is 4.35. The molecule has 0 aliphatic heterocycles. The number of tetrazole rings is 1. The molecule has 2 N–H and O–H groups in total. The van der Waals surface area contributed by atoms with Crippen LogP contribution in [0.3, 0.4) is 0 Å². The molecule has 1 aromatic carbocycles. The second-order valence-electron chi connectivity index (χ2n) is 6.09. The third kappa shape index (κ3) is 2.33. The number of benzene rings is 1. The van der Waals surface area contributed by atoms with Gasteiger partial charge in [-0.2, -0.15) is 4.68 Å². The lowest BCUT2D eigenvalue weighted by Gasteiger charge is -2.34. The molecule has 0 atom stereocenters. The van der Waals surface area contributed by atoms with Crippen molar-refractivity contribution in [3.05, 3.63) is 35.7 Å². The van der Waals surface area contributed by atoms with Gasteiger partial charge in [0, 0.05) is 0 Å². The predicted molar refractivity (Wildman–Crippen MR) is 77.4 cm³/mol. The van der Waals surface area contributed by atoms with Crippen LogP contribution in [0.1, 0.15) is 44.0 Å². The Hall–Kier alpha value is -1.75. The molecule has 1 fully saturated rings. The van der Waals surface area contributed by atoms with Crippen LogP contribution in [-0.4, -0.2) is 20.2 Å². The molecule has 1 saturated carbocycles. The van der Waals surface area contributed by atoms with Crippen molar-refractivity contribution in [1.82, 2.24) is 20.2 Å². The average molecular weight is 271 g/mol. The number of aryl methyl sites for hydroxylation is 1. The van der Waals surface area contributed by atoms with E-state index in [1.807, 2.05) is 12.1 Å². The Balaban J connectivity index is 1.96. The number of hydrogen-bond donors (Lipinski definition) is 1. The van der Waals surface area contributed by atoms with E-state index in [1.165, 1.54) is 5.56 Å². The van der Waals surface area contributed by atoms with Crippen molar-refractivity contribution in [3.63, 3.8) is 0 Å². The minimum absolute atomic E-state index is 0.402. The van der Waals surface area contributed by atoms with E-state index in [0.29, 0.717) is 0 Å². The van der Waals surface area contributed by atoms with E-state index in [2.05, 4.69) is 41.5 Å². The summed E-state index contributed by atoms with van der Waals surface area (Å²) in [7, 11) is 0. The molecule has 0 amide bonds. The van der Waals surface area contributed by atoms with Gasteiger partial charge in [0.25, 0.3) is 0 Å². The SMILES string of the molecule is Cc1ccc(-n2nnnc2C2(N)CCC(C)CC2)cc1. The summed E-state index contributed by atoms with van der Waals surface area (Å²) in [5.74, 6) is 1.53. The highest BCUT2D eigenvalue weighted by molar-refractivity contribution is 5.34. The Labute approximate surface area is 119 Å². The van der Waals surface area contributed by atoms with Gasteiger partial charge in [-0.15, -0.1) is 5.10 Å². The molecule has 5 nitrogen and oxygen atoms in total. The van der Waals surface area contributed by atoms with Crippen LogP contribution in [0.15, 0.2) is 24.3 Å². The molecule has 20 heavy (non-hydrogen) atoms. The van der Waals surface area contributed by atoms with E-state index in [4.69, 9.17) is 5.73 Å². The van der Waals surface area contributed by atoms with Gasteiger partial charge in [-0.05, 0) is 61.1 Å². The van der Waals surface area contributed by atoms with Gasteiger partial charge in [0.15, 0.2) is 5.82 Å². The average Bonchev–Trinajstić information content (AvgIpc) is 2.93. The molecule has 1 aliphatic rings.